The first-order valence-electron chi connectivity index (χ1n) is 9.01. The van der Waals surface area contributed by atoms with Crippen LogP contribution in [0.1, 0.15) is 40.2 Å². The van der Waals surface area contributed by atoms with Crippen LogP contribution in [-0.2, 0) is 4.79 Å². The van der Waals surface area contributed by atoms with Gasteiger partial charge in [-0.2, -0.15) is 0 Å². The monoisotopic (exact) mass is 359 g/mol. The molecule has 136 valence electrons. The van der Waals surface area contributed by atoms with Crippen LogP contribution in [0.5, 0.6) is 0 Å². The summed E-state index contributed by atoms with van der Waals surface area (Å²) in [6.45, 7) is 6.11. The maximum atomic E-state index is 13.0. The van der Waals surface area contributed by atoms with Gasteiger partial charge in [0.2, 0.25) is 5.91 Å². The van der Waals surface area contributed by atoms with Crippen LogP contribution in [0.4, 0.5) is 5.82 Å². The number of benzene rings is 2. The van der Waals surface area contributed by atoms with E-state index in [2.05, 4.69) is 27.4 Å². The second-order valence-corrected chi connectivity index (χ2v) is 7.16. The number of aromatic nitrogens is 2. The number of hydrogen-bond acceptors (Lipinski definition) is 3. The minimum absolute atomic E-state index is 0.121. The highest BCUT2D eigenvalue weighted by molar-refractivity contribution is 5.94. The third kappa shape index (κ3) is 3.05. The van der Waals surface area contributed by atoms with E-state index in [0.29, 0.717) is 17.2 Å². The van der Waals surface area contributed by atoms with E-state index in [0.717, 1.165) is 22.3 Å². The molecule has 0 bridgehead atoms. The molecule has 2 heterocycles. The Labute approximate surface area is 157 Å². The van der Waals surface area contributed by atoms with Gasteiger partial charge in [-0.05, 0) is 37.5 Å². The summed E-state index contributed by atoms with van der Waals surface area (Å²) in [4.78, 5) is 32.8. The molecule has 3 aromatic rings. The highest BCUT2D eigenvalue weighted by atomic mass is 16.2. The fraction of sp³-hybridized carbons (Fsp3) is 0.227. The number of anilines is 1. The largest absolute Gasteiger partial charge is 0.310 e. The summed E-state index contributed by atoms with van der Waals surface area (Å²) < 4.78 is 0. The first-order chi connectivity index (χ1) is 12.9. The SMILES string of the molecule is Cc1cc(C)c([C@H]2CC(=O)Nc3nc(-c4ccccc4)[nH]c(=O)c32)c(C)c1. The third-order valence-corrected chi connectivity index (χ3v) is 5.08. The summed E-state index contributed by atoms with van der Waals surface area (Å²) >= 11 is 0. The van der Waals surface area contributed by atoms with Gasteiger partial charge in [0.15, 0.2) is 0 Å². The fourth-order valence-electron chi connectivity index (χ4n) is 4.09. The molecule has 0 radical (unpaired) electrons. The fourth-order valence-corrected chi connectivity index (χ4v) is 4.09. The lowest BCUT2D eigenvalue weighted by atomic mass is 9.81. The molecule has 0 saturated carbocycles. The summed E-state index contributed by atoms with van der Waals surface area (Å²) in [6.07, 6.45) is 0.243. The minimum atomic E-state index is -0.296. The molecule has 2 aromatic carbocycles. The van der Waals surface area contributed by atoms with Gasteiger partial charge in [-0.25, -0.2) is 4.98 Å². The van der Waals surface area contributed by atoms with Gasteiger partial charge in [0.05, 0.1) is 5.56 Å². The number of nitrogens with one attached hydrogen (secondary N) is 2. The molecule has 5 nitrogen and oxygen atoms in total. The Hall–Kier alpha value is -3.21. The average molecular weight is 359 g/mol. The molecule has 0 aliphatic carbocycles. The lowest BCUT2D eigenvalue weighted by molar-refractivity contribution is -0.116. The molecule has 1 aromatic heterocycles. The highest BCUT2D eigenvalue weighted by Crippen LogP contribution is 2.37. The lowest BCUT2D eigenvalue weighted by Crippen LogP contribution is -2.32. The van der Waals surface area contributed by atoms with Crippen molar-refractivity contribution in [2.45, 2.75) is 33.1 Å². The van der Waals surface area contributed by atoms with Crippen LogP contribution in [0.25, 0.3) is 11.4 Å². The smallest absolute Gasteiger partial charge is 0.257 e. The molecule has 0 spiro atoms. The predicted octanol–water partition coefficient (Wildman–Crippen LogP) is 3.84. The zero-order valence-electron chi connectivity index (χ0n) is 15.6. The standard InChI is InChI=1S/C22H21N3O2/c1-12-9-13(2)18(14(3)10-12)16-11-17(26)23-21-19(16)22(27)25-20(24-21)15-7-5-4-6-8-15/h4-10,16H,11H2,1-3H3,(H2,23,24,25,26,27)/t16-/m1/s1. The number of fused-ring (bicyclic) bond motifs is 1. The Morgan fingerprint density at radius 3 is 2.30 bits per heavy atom. The van der Waals surface area contributed by atoms with Crippen molar-refractivity contribution in [1.82, 2.24) is 9.97 Å². The molecule has 5 heteroatoms. The van der Waals surface area contributed by atoms with E-state index in [4.69, 9.17) is 0 Å². The number of aromatic amines is 1. The number of aryl methyl sites for hydroxylation is 3. The summed E-state index contributed by atoms with van der Waals surface area (Å²) in [5.41, 5.74) is 5.51. The average Bonchev–Trinajstić information content (AvgIpc) is 2.60. The molecule has 1 aliphatic rings. The molecule has 27 heavy (non-hydrogen) atoms. The Balaban J connectivity index is 1.91. The van der Waals surface area contributed by atoms with Crippen LogP contribution in [0.3, 0.4) is 0 Å². The zero-order chi connectivity index (χ0) is 19.1. The molecular weight excluding hydrogens is 338 g/mol. The quantitative estimate of drug-likeness (QED) is 0.730. The molecule has 0 saturated heterocycles. The second-order valence-electron chi connectivity index (χ2n) is 7.16. The Morgan fingerprint density at radius 1 is 0.963 bits per heavy atom. The van der Waals surface area contributed by atoms with Crippen molar-refractivity contribution < 1.29 is 4.79 Å². The summed E-state index contributed by atoms with van der Waals surface area (Å²) in [5, 5.41) is 2.79. The zero-order valence-corrected chi connectivity index (χ0v) is 15.6. The molecule has 1 amide bonds. The van der Waals surface area contributed by atoms with Gasteiger partial charge in [-0.3, -0.25) is 9.59 Å². The summed E-state index contributed by atoms with van der Waals surface area (Å²) in [7, 11) is 0. The number of hydrogen-bond donors (Lipinski definition) is 2. The Bertz CT molecular complexity index is 1080. The van der Waals surface area contributed by atoms with Crippen molar-refractivity contribution in [2.24, 2.45) is 0 Å². The van der Waals surface area contributed by atoms with Crippen molar-refractivity contribution >= 4 is 11.7 Å². The van der Waals surface area contributed by atoms with E-state index in [9.17, 15) is 9.59 Å². The van der Waals surface area contributed by atoms with Gasteiger partial charge in [0, 0.05) is 17.9 Å². The van der Waals surface area contributed by atoms with Crippen LogP contribution < -0.4 is 10.9 Å². The van der Waals surface area contributed by atoms with Gasteiger partial charge < -0.3 is 10.3 Å². The molecule has 4 rings (SSSR count). The second kappa shape index (κ2) is 6.50. The summed E-state index contributed by atoms with van der Waals surface area (Å²) in [6, 6.07) is 13.6. The number of carbonyl (C=O) groups excluding carboxylic acids is 1. The number of H-pyrrole nitrogens is 1. The molecule has 0 unspecified atom stereocenters. The van der Waals surface area contributed by atoms with Crippen LogP contribution in [0.15, 0.2) is 47.3 Å². The number of carbonyl (C=O) groups is 1. The van der Waals surface area contributed by atoms with Gasteiger partial charge >= 0.3 is 0 Å². The number of rotatable bonds is 2. The van der Waals surface area contributed by atoms with Crippen molar-refractivity contribution in [1.29, 1.82) is 0 Å². The van der Waals surface area contributed by atoms with Crippen molar-refractivity contribution in [2.75, 3.05) is 5.32 Å². The minimum Gasteiger partial charge on any atom is -0.310 e. The predicted molar refractivity (Wildman–Crippen MR) is 106 cm³/mol. The first-order valence-corrected chi connectivity index (χ1v) is 9.01. The molecule has 1 atom stereocenters. The topological polar surface area (TPSA) is 74.8 Å². The lowest BCUT2D eigenvalue weighted by Gasteiger charge is -2.27. The van der Waals surface area contributed by atoms with E-state index in [1.807, 2.05) is 51.1 Å². The molecule has 0 fully saturated rings. The Kier molecular flexibility index (Phi) is 4.15. The normalized spacial score (nSPS) is 16.0. The Morgan fingerprint density at radius 2 is 1.63 bits per heavy atom. The van der Waals surface area contributed by atoms with Crippen molar-refractivity contribution in [3.8, 4) is 11.4 Å². The highest BCUT2D eigenvalue weighted by Gasteiger charge is 2.32. The van der Waals surface area contributed by atoms with E-state index in [-0.39, 0.29) is 23.8 Å². The van der Waals surface area contributed by atoms with Crippen LogP contribution in [0, 0.1) is 20.8 Å². The number of amides is 1. The van der Waals surface area contributed by atoms with Crippen LogP contribution in [0.2, 0.25) is 0 Å². The van der Waals surface area contributed by atoms with Crippen LogP contribution in [-0.4, -0.2) is 15.9 Å². The molecular formula is C22H21N3O2. The third-order valence-electron chi connectivity index (χ3n) is 5.08. The van der Waals surface area contributed by atoms with Crippen LogP contribution >= 0.6 is 0 Å². The number of nitrogens with zero attached hydrogens (tertiary/aromatic N) is 1. The van der Waals surface area contributed by atoms with E-state index < -0.39 is 0 Å². The summed E-state index contributed by atoms with van der Waals surface area (Å²) in [5.74, 6) is 0.398. The first kappa shape index (κ1) is 17.2. The molecule has 1 aliphatic heterocycles. The maximum Gasteiger partial charge on any atom is 0.257 e. The van der Waals surface area contributed by atoms with E-state index in [1.165, 1.54) is 5.56 Å². The van der Waals surface area contributed by atoms with Crippen molar-refractivity contribution in [3.05, 3.63) is 80.6 Å². The maximum absolute atomic E-state index is 13.0. The van der Waals surface area contributed by atoms with Gasteiger partial charge in [-0.15, -0.1) is 0 Å². The van der Waals surface area contributed by atoms with Gasteiger partial charge in [0.25, 0.3) is 5.56 Å². The van der Waals surface area contributed by atoms with Gasteiger partial charge in [-0.1, -0.05) is 48.0 Å². The van der Waals surface area contributed by atoms with Gasteiger partial charge in [0.1, 0.15) is 11.6 Å². The van der Waals surface area contributed by atoms with E-state index >= 15 is 0 Å². The molecule has 2 N–H and O–H groups in total. The van der Waals surface area contributed by atoms with Crippen molar-refractivity contribution in [3.63, 3.8) is 0 Å². The van der Waals surface area contributed by atoms with E-state index in [1.54, 1.807) is 0 Å².